The molecule has 5 nitrogen and oxygen atoms in total. The average molecular weight is 332 g/mol. The van der Waals surface area contributed by atoms with Crippen LogP contribution in [0.4, 0.5) is 13.2 Å². The van der Waals surface area contributed by atoms with E-state index in [9.17, 15) is 22.8 Å². The Morgan fingerprint density at radius 2 is 1.96 bits per heavy atom. The molecular weight excluding hydrogens is 313 g/mol. The second-order valence-electron chi connectivity index (χ2n) is 5.75. The second-order valence-corrected chi connectivity index (χ2v) is 5.75. The summed E-state index contributed by atoms with van der Waals surface area (Å²) in [6, 6.07) is 0. The van der Waals surface area contributed by atoms with Crippen LogP contribution in [-0.4, -0.2) is 48.1 Å². The summed E-state index contributed by atoms with van der Waals surface area (Å²) in [5.41, 5.74) is 1.25. The van der Waals surface area contributed by atoms with Crippen molar-refractivity contribution in [3.05, 3.63) is 22.5 Å². The summed E-state index contributed by atoms with van der Waals surface area (Å²) in [5.74, 6) is -2.60. The van der Waals surface area contributed by atoms with Gasteiger partial charge in [-0.2, -0.15) is 13.2 Å². The molecule has 1 atom stereocenters. The van der Waals surface area contributed by atoms with E-state index in [0.29, 0.717) is 17.7 Å². The van der Waals surface area contributed by atoms with Crippen molar-refractivity contribution in [1.29, 1.82) is 0 Å². The zero-order valence-electron chi connectivity index (χ0n) is 13.2. The lowest BCUT2D eigenvalue weighted by Crippen LogP contribution is -2.44. The Hall–Kier alpha value is -1.99. The van der Waals surface area contributed by atoms with Gasteiger partial charge in [0.15, 0.2) is 0 Å². The molecule has 1 aromatic heterocycles. The van der Waals surface area contributed by atoms with E-state index >= 15 is 0 Å². The molecule has 23 heavy (non-hydrogen) atoms. The third-order valence-electron chi connectivity index (χ3n) is 4.21. The van der Waals surface area contributed by atoms with Gasteiger partial charge < -0.3 is 14.6 Å². The molecular formula is C15H19F3N2O3. The fourth-order valence-electron chi connectivity index (χ4n) is 2.96. The second kappa shape index (κ2) is 6.25. The Morgan fingerprint density at radius 3 is 2.52 bits per heavy atom. The largest absolute Gasteiger partial charge is 0.465 e. The number of hydrogen-bond acceptors (Lipinski definition) is 3. The summed E-state index contributed by atoms with van der Waals surface area (Å²) >= 11 is 0. The van der Waals surface area contributed by atoms with Gasteiger partial charge in [0, 0.05) is 18.8 Å². The minimum Gasteiger partial charge on any atom is -0.465 e. The van der Waals surface area contributed by atoms with Gasteiger partial charge in [-0.25, -0.2) is 4.79 Å². The summed E-state index contributed by atoms with van der Waals surface area (Å²) in [4.78, 5) is 28.3. The Bertz CT molecular complexity index is 622. The lowest BCUT2D eigenvalue weighted by atomic mass is 9.97. The van der Waals surface area contributed by atoms with Crippen molar-refractivity contribution in [2.75, 3.05) is 20.2 Å². The lowest BCUT2D eigenvalue weighted by Gasteiger charge is -2.33. The first-order valence-corrected chi connectivity index (χ1v) is 7.30. The molecule has 0 unspecified atom stereocenters. The van der Waals surface area contributed by atoms with Gasteiger partial charge in [0.25, 0.3) is 5.91 Å². The zero-order chi connectivity index (χ0) is 17.4. The van der Waals surface area contributed by atoms with Crippen molar-refractivity contribution < 1.29 is 27.5 Å². The molecule has 1 amide bonds. The number of H-pyrrole nitrogens is 1. The Balaban J connectivity index is 2.26. The molecule has 8 heteroatoms. The third-order valence-corrected chi connectivity index (χ3v) is 4.21. The molecule has 0 radical (unpaired) electrons. The number of carbonyl (C=O) groups excluding carboxylic acids is 2. The van der Waals surface area contributed by atoms with E-state index in [1.165, 1.54) is 12.0 Å². The number of aromatic nitrogens is 1. The highest BCUT2D eigenvalue weighted by Gasteiger charge is 2.43. The van der Waals surface area contributed by atoms with Crippen molar-refractivity contribution in [1.82, 2.24) is 9.88 Å². The third kappa shape index (κ3) is 3.35. The van der Waals surface area contributed by atoms with E-state index in [0.717, 1.165) is 0 Å². The van der Waals surface area contributed by atoms with Crippen LogP contribution in [0.25, 0.3) is 0 Å². The summed E-state index contributed by atoms with van der Waals surface area (Å²) in [5, 5.41) is 0. The number of alkyl halides is 3. The fraction of sp³-hybridized carbons (Fsp3) is 0.600. The SMILES string of the molecule is COC(=O)c1c(C)[nH]c(C(=O)N2CCC[C@@H](C(F)(F)F)C2)c1C. The summed E-state index contributed by atoms with van der Waals surface area (Å²) < 4.78 is 43.3. The maximum Gasteiger partial charge on any atom is 0.393 e. The molecule has 1 fully saturated rings. The number of ether oxygens (including phenoxy) is 1. The minimum atomic E-state index is -4.31. The van der Waals surface area contributed by atoms with Gasteiger partial charge in [-0.1, -0.05) is 0 Å². The van der Waals surface area contributed by atoms with E-state index in [4.69, 9.17) is 0 Å². The van der Waals surface area contributed by atoms with Gasteiger partial charge >= 0.3 is 12.1 Å². The molecule has 0 bridgehead atoms. The standard InChI is InChI=1S/C15H19F3N2O3/c1-8-11(14(22)23-3)9(2)19-12(8)13(21)20-6-4-5-10(7-20)15(16,17)18/h10,19H,4-7H2,1-3H3/t10-/m1/s1. The van der Waals surface area contributed by atoms with Gasteiger partial charge in [-0.05, 0) is 32.3 Å². The molecule has 128 valence electrons. The molecule has 2 rings (SSSR count). The topological polar surface area (TPSA) is 62.4 Å². The van der Waals surface area contributed by atoms with Crippen LogP contribution in [0.3, 0.4) is 0 Å². The molecule has 0 saturated carbocycles. The normalized spacial score (nSPS) is 18.9. The minimum absolute atomic E-state index is 0.0312. The van der Waals surface area contributed by atoms with Crippen LogP contribution in [0.15, 0.2) is 0 Å². The number of esters is 1. The van der Waals surface area contributed by atoms with Crippen LogP contribution >= 0.6 is 0 Å². The number of aryl methyl sites for hydroxylation is 1. The zero-order valence-corrected chi connectivity index (χ0v) is 13.2. The van der Waals surface area contributed by atoms with Crippen LogP contribution in [0.2, 0.25) is 0 Å². The quantitative estimate of drug-likeness (QED) is 0.847. The lowest BCUT2D eigenvalue weighted by molar-refractivity contribution is -0.184. The highest BCUT2D eigenvalue weighted by atomic mass is 19.4. The molecule has 1 aromatic rings. The predicted octanol–water partition coefficient (Wildman–Crippen LogP) is 2.83. The number of nitrogens with zero attached hydrogens (tertiary/aromatic N) is 1. The monoisotopic (exact) mass is 332 g/mol. The van der Waals surface area contributed by atoms with Crippen molar-refractivity contribution in [2.24, 2.45) is 5.92 Å². The molecule has 1 N–H and O–H groups in total. The van der Waals surface area contributed by atoms with Gasteiger partial charge in [-0.3, -0.25) is 4.79 Å². The molecule has 1 aliphatic heterocycles. The van der Waals surface area contributed by atoms with Crippen molar-refractivity contribution in [3.63, 3.8) is 0 Å². The summed E-state index contributed by atoms with van der Waals surface area (Å²) in [6.07, 6.45) is -3.97. The van der Waals surface area contributed by atoms with Gasteiger partial charge in [-0.15, -0.1) is 0 Å². The van der Waals surface area contributed by atoms with Crippen molar-refractivity contribution >= 4 is 11.9 Å². The number of carbonyl (C=O) groups is 2. The van der Waals surface area contributed by atoms with Crippen LogP contribution in [0, 0.1) is 19.8 Å². The Labute approximate surface area is 131 Å². The number of rotatable bonds is 2. The number of likely N-dealkylation sites (tertiary alicyclic amines) is 1. The first-order chi connectivity index (χ1) is 10.7. The van der Waals surface area contributed by atoms with Crippen LogP contribution < -0.4 is 0 Å². The molecule has 1 saturated heterocycles. The number of nitrogens with one attached hydrogen (secondary N) is 1. The number of aromatic amines is 1. The Kier molecular flexibility index (Phi) is 4.72. The number of hydrogen-bond donors (Lipinski definition) is 1. The predicted molar refractivity (Wildman–Crippen MR) is 76.3 cm³/mol. The van der Waals surface area contributed by atoms with Crippen LogP contribution in [0.5, 0.6) is 0 Å². The van der Waals surface area contributed by atoms with Gasteiger partial charge in [0.05, 0.1) is 18.6 Å². The molecule has 1 aliphatic rings. The Morgan fingerprint density at radius 1 is 1.30 bits per heavy atom. The summed E-state index contributed by atoms with van der Waals surface area (Å²) in [6.45, 7) is 3.11. The number of amides is 1. The summed E-state index contributed by atoms with van der Waals surface area (Å²) in [7, 11) is 1.23. The molecule has 0 spiro atoms. The highest BCUT2D eigenvalue weighted by Crippen LogP contribution is 2.33. The number of methoxy groups -OCH3 is 1. The van der Waals surface area contributed by atoms with E-state index < -0.39 is 24.0 Å². The molecule has 0 aromatic carbocycles. The van der Waals surface area contributed by atoms with Gasteiger partial charge in [0.2, 0.25) is 0 Å². The molecule has 2 heterocycles. The van der Waals surface area contributed by atoms with Gasteiger partial charge in [0.1, 0.15) is 5.69 Å². The highest BCUT2D eigenvalue weighted by molar-refractivity contribution is 6.00. The first kappa shape index (κ1) is 17.4. The fourth-order valence-corrected chi connectivity index (χ4v) is 2.96. The number of halogens is 3. The van der Waals surface area contributed by atoms with E-state index in [1.807, 2.05) is 0 Å². The van der Waals surface area contributed by atoms with Crippen LogP contribution in [-0.2, 0) is 4.74 Å². The van der Waals surface area contributed by atoms with E-state index in [2.05, 4.69) is 9.72 Å². The average Bonchev–Trinajstić information content (AvgIpc) is 2.80. The van der Waals surface area contributed by atoms with E-state index in [1.54, 1.807) is 13.8 Å². The van der Waals surface area contributed by atoms with Crippen LogP contribution in [0.1, 0.15) is 44.9 Å². The first-order valence-electron chi connectivity index (χ1n) is 7.30. The maximum absolute atomic E-state index is 12.9. The maximum atomic E-state index is 12.9. The molecule has 0 aliphatic carbocycles. The van der Waals surface area contributed by atoms with E-state index in [-0.39, 0.29) is 30.8 Å². The number of piperidine rings is 1. The van der Waals surface area contributed by atoms with Crippen molar-refractivity contribution in [3.8, 4) is 0 Å². The van der Waals surface area contributed by atoms with Crippen molar-refractivity contribution in [2.45, 2.75) is 32.9 Å². The smallest absolute Gasteiger partial charge is 0.393 e.